The number of aliphatic hydroxyl groups is 1. The van der Waals surface area contributed by atoms with Crippen LogP contribution >= 0.6 is 0 Å². The highest BCUT2D eigenvalue weighted by molar-refractivity contribution is 6.41. The molecule has 3 aromatic carbocycles. The van der Waals surface area contributed by atoms with E-state index >= 15 is 0 Å². The van der Waals surface area contributed by atoms with Gasteiger partial charge in [-0.2, -0.15) is 0 Å². The lowest BCUT2D eigenvalue weighted by Gasteiger charge is -2.30. The number of hydrogen-bond acceptors (Lipinski definition) is 18. The average molecular weight is 1390 g/mol. The number of carbonyl (C=O) groups excluding carboxylic acids is 10. The van der Waals surface area contributed by atoms with E-state index < -0.39 is 115 Å². The van der Waals surface area contributed by atoms with Crippen LogP contribution in [-0.2, 0) is 72.0 Å². The highest BCUT2D eigenvalue weighted by Gasteiger charge is 2.37. The third-order valence-corrected chi connectivity index (χ3v) is 18.2. The molecule has 2 aliphatic heterocycles. The molecular formula is C74H109N11O15. The summed E-state index contributed by atoms with van der Waals surface area (Å²) in [4.78, 5) is 154. The van der Waals surface area contributed by atoms with Crippen LogP contribution in [-0.4, -0.2) is 189 Å². The van der Waals surface area contributed by atoms with Crippen LogP contribution in [0, 0.1) is 17.8 Å². The van der Waals surface area contributed by atoms with Crippen LogP contribution in [0.3, 0.4) is 0 Å². The topological polar surface area (TPSA) is 401 Å². The van der Waals surface area contributed by atoms with Crippen molar-refractivity contribution in [3.8, 4) is 11.5 Å². The van der Waals surface area contributed by atoms with Crippen LogP contribution in [0.2, 0.25) is 0 Å². The summed E-state index contributed by atoms with van der Waals surface area (Å²) < 4.78 is 0. The van der Waals surface area contributed by atoms with Crippen LogP contribution in [0.15, 0.2) is 79.0 Å². The summed E-state index contributed by atoms with van der Waals surface area (Å²) in [5.74, 6) is -8.35. The van der Waals surface area contributed by atoms with E-state index in [1.807, 2.05) is 49.9 Å². The minimum Gasteiger partial charge on any atom is -0.508 e. The van der Waals surface area contributed by atoms with Crippen LogP contribution in [0.1, 0.15) is 167 Å². The molecule has 550 valence electrons. The smallest absolute Gasteiger partial charge is 0.326 e. The van der Waals surface area contributed by atoms with Gasteiger partial charge in [-0.3, -0.25) is 52.8 Å². The Morgan fingerprint density at radius 2 is 1.17 bits per heavy atom. The highest BCUT2D eigenvalue weighted by Crippen LogP contribution is 2.23. The highest BCUT2D eigenvalue weighted by atomic mass is 16.4. The first-order valence-corrected chi connectivity index (χ1v) is 35.7. The van der Waals surface area contributed by atoms with Crippen LogP contribution in [0.5, 0.6) is 11.5 Å². The SMILES string of the molecule is CC[C@H]1CCCCCCCCCN(CC(=O)N[C@@H](Cc2ccc(O)cc2)C(=O)O)N[C@@H](CC(C)C)C(=O)C(=O)C(Cc2ccc(O)cc2)NC(=O)[C@H](CCC(N)=O)NC(=O)C(CO)NC(=O)[C@H](Cc2c[nH]c3ccccc23)NC1=O.CC[C@H]1CCCCNCCCCN(CC(C)=O)CC1=O. The summed E-state index contributed by atoms with van der Waals surface area (Å²) in [5, 5.41) is 59.3. The lowest BCUT2D eigenvalue weighted by atomic mass is 9.92. The second-order valence-corrected chi connectivity index (χ2v) is 27.0. The van der Waals surface area contributed by atoms with E-state index in [-0.39, 0.29) is 67.3 Å². The largest absolute Gasteiger partial charge is 0.508 e. The molecule has 26 nitrogen and oxygen atoms in total. The number of carboxylic acid groups (broad SMARTS) is 1. The van der Waals surface area contributed by atoms with Gasteiger partial charge in [0.1, 0.15) is 47.2 Å². The van der Waals surface area contributed by atoms with E-state index in [4.69, 9.17) is 5.73 Å². The summed E-state index contributed by atoms with van der Waals surface area (Å²) in [6.45, 7) is 11.8. The number of aromatic hydroxyl groups is 2. The van der Waals surface area contributed by atoms with E-state index in [1.165, 1.54) is 53.5 Å². The maximum absolute atomic E-state index is 14.7. The van der Waals surface area contributed by atoms with Gasteiger partial charge in [0.25, 0.3) is 0 Å². The van der Waals surface area contributed by atoms with E-state index in [2.05, 4.69) is 49.2 Å². The first kappa shape index (κ1) is 82.2. The van der Waals surface area contributed by atoms with E-state index in [0.29, 0.717) is 61.2 Å². The van der Waals surface area contributed by atoms with Gasteiger partial charge in [0, 0.05) is 61.2 Å². The maximum atomic E-state index is 14.7. The molecule has 6 rings (SSSR count). The number of aromatic amines is 1. The number of phenolic OH excluding ortho intramolecular Hbond substituents is 2. The van der Waals surface area contributed by atoms with Gasteiger partial charge in [-0.1, -0.05) is 115 Å². The first-order valence-electron chi connectivity index (χ1n) is 35.7. The fourth-order valence-electron chi connectivity index (χ4n) is 12.5. The lowest BCUT2D eigenvalue weighted by Crippen LogP contribution is -2.60. The third-order valence-electron chi connectivity index (χ3n) is 18.2. The lowest BCUT2D eigenvalue weighted by molar-refractivity contribution is -0.142. The normalized spacial score (nSPS) is 22.4. The minimum absolute atomic E-state index is 0.00235. The number of H-pyrrole nitrogens is 1. The van der Waals surface area contributed by atoms with Crippen molar-refractivity contribution in [1.29, 1.82) is 0 Å². The van der Waals surface area contributed by atoms with Gasteiger partial charge in [-0.05, 0) is 144 Å². The van der Waals surface area contributed by atoms with Gasteiger partial charge in [0.05, 0.1) is 38.3 Å². The Hall–Kier alpha value is -8.43. The molecule has 1 aromatic heterocycles. The number of aliphatic hydroxyl groups excluding tert-OH is 1. The molecule has 0 bridgehead atoms. The van der Waals surface area contributed by atoms with Gasteiger partial charge in [0.15, 0.2) is 0 Å². The quantitative estimate of drug-likeness (QED) is 0.0522. The second-order valence-electron chi connectivity index (χ2n) is 27.0. The molecule has 6 amide bonds. The number of para-hydroxylation sites is 1. The number of carboxylic acids is 1. The number of fused-ring (bicyclic) bond motifs is 1. The van der Waals surface area contributed by atoms with Crippen molar-refractivity contribution >= 4 is 75.4 Å². The summed E-state index contributed by atoms with van der Waals surface area (Å²) in [5.41, 5.74) is 11.0. The Balaban J connectivity index is 0.000000771. The first-order chi connectivity index (χ1) is 47.9. The number of nitrogens with zero attached hydrogens (tertiary/aromatic N) is 2. The second kappa shape index (κ2) is 44.0. The number of rotatable bonds is 20. The van der Waals surface area contributed by atoms with Crippen LogP contribution < -0.4 is 43.1 Å². The molecular weight excluding hydrogens is 1280 g/mol. The number of Topliss-reactive ketones (excluding diaryl/α,β-unsaturated/α-hetero) is 4. The maximum Gasteiger partial charge on any atom is 0.326 e. The average Bonchev–Trinajstić information content (AvgIpc) is 1.59. The molecule has 2 aliphatic rings. The molecule has 0 spiro atoms. The zero-order valence-electron chi connectivity index (χ0n) is 59.0. The molecule has 26 heteroatoms. The predicted octanol–water partition coefficient (Wildman–Crippen LogP) is 4.92. The van der Waals surface area contributed by atoms with Gasteiger partial charge >= 0.3 is 5.97 Å². The van der Waals surface area contributed by atoms with Crippen molar-refractivity contribution in [3.63, 3.8) is 0 Å². The number of nitrogens with two attached hydrogens (primary N) is 1. The van der Waals surface area contributed by atoms with Crippen molar-refractivity contribution in [3.05, 3.63) is 95.7 Å². The van der Waals surface area contributed by atoms with E-state index in [0.717, 1.165) is 101 Å². The molecule has 100 heavy (non-hydrogen) atoms. The molecule has 0 aliphatic carbocycles. The Morgan fingerprint density at radius 3 is 1.80 bits per heavy atom. The number of aromatic nitrogens is 1. The zero-order valence-corrected chi connectivity index (χ0v) is 59.0. The van der Waals surface area contributed by atoms with E-state index in [9.17, 15) is 73.2 Å². The number of hydrogen-bond donors (Lipinski definition) is 13. The summed E-state index contributed by atoms with van der Waals surface area (Å²) >= 11 is 0. The van der Waals surface area contributed by atoms with E-state index in [1.54, 1.807) is 13.1 Å². The number of hydrazine groups is 1. The van der Waals surface area contributed by atoms with Crippen LogP contribution in [0.4, 0.5) is 0 Å². The van der Waals surface area contributed by atoms with Crippen molar-refractivity contribution in [2.24, 2.45) is 23.5 Å². The number of ketones is 4. The Bertz CT molecular complexity index is 3290. The van der Waals surface area contributed by atoms with Gasteiger partial charge in [0.2, 0.25) is 47.0 Å². The van der Waals surface area contributed by atoms with Gasteiger partial charge in [-0.15, -0.1) is 0 Å². The summed E-state index contributed by atoms with van der Waals surface area (Å²) in [7, 11) is 0. The standard InChI is InChI=1S/C58H79N9O13.C16H30N2O2/c1-4-38-14-10-8-6-5-7-9-13-27-67(33-51(72)61-48(58(79)80)30-37-19-23-41(70)24-20-37)66-46(28-35(2)3)53(74)52(73)45(29-36-17-21-40(69)22-18-36)63-55(76)44(25-26-50(59)71)62-57(78)49(34-68)65-56(77)47(64-54(38)75)31-39-32-60-43-16-12-11-15-42(39)43;1-3-15-8-4-5-9-17-10-6-7-11-18(12-14(2)19)13-16(15)20/h11-12,15-24,32,35,38,44-49,60,66,68-70H,4-10,13-14,25-31,33-34H2,1-3H3,(H2,59,71)(H,61,72)(H,62,78)(H,63,76)(H,64,75)(H,65,77)(H,79,80);15,17H,3-13H2,1-2H3/t38-,44-,45?,46-,47-,48-,49?;15-/m00/s1. The molecule has 0 radical (unpaired) electrons. The van der Waals surface area contributed by atoms with Gasteiger partial charge < -0.3 is 63.0 Å². The third kappa shape index (κ3) is 29.4. The molecule has 3 heterocycles. The Labute approximate surface area is 587 Å². The number of primary amides is 1. The van der Waals surface area contributed by atoms with Crippen molar-refractivity contribution in [2.45, 2.75) is 206 Å². The predicted molar refractivity (Wildman–Crippen MR) is 379 cm³/mol. The fourth-order valence-corrected chi connectivity index (χ4v) is 12.5. The van der Waals surface area contributed by atoms with Crippen molar-refractivity contribution in [2.75, 3.05) is 52.4 Å². The Morgan fingerprint density at radius 1 is 0.620 bits per heavy atom. The van der Waals surface area contributed by atoms with Crippen molar-refractivity contribution < 1.29 is 73.2 Å². The summed E-state index contributed by atoms with van der Waals surface area (Å²) in [6, 6.07) is 10.1. The fraction of sp³-hybridized carbons (Fsp3) is 0.581. The zero-order chi connectivity index (χ0) is 73.1. The number of aliphatic carboxylic acids is 1. The summed E-state index contributed by atoms with van der Waals surface area (Å²) in [6.07, 6.45) is 13.1. The number of benzene rings is 3. The number of carbonyl (C=O) groups is 11. The number of amides is 6. The van der Waals surface area contributed by atoms with Crippen molar-refractivity contribution in [1.82, 2.24) is 52.2 Å². The molecule has 0 saturated carbocycles. The molecule has 2 fully saturated rings. The molecule has 2 saturated heterocycles. The molecule has 4 aromatic rings. The number of nitrogens with one attached hydrogen (secondary N) is 8. The monoisotopic (exact) mass is 1390 g/mol. The molecule has 8 atom stereocenters. The van der Waals surface area contributed by atoms with Gasteiger partial charge in [-0.25, -0.2) is 15.2 Å². The molecule has 14 N–H and O–H groups in total. The Kier molecular flexibility index (Phi) is 36.2. The minimum atomic E-state index is -1.70. The molecule has 2 unspecified atom stereocenters. The number of phenols is 2. The van der Waals surface area contributed by atoms with Crippen LogP contribution in [0.25, 0.3) is 10.9 Å².